The molecular formula is C20H20N6O. The molecule has 5 rings (SSSR count). The molecule has 1 saturated carbocycles. The topological polar surface area (TPSA) is 84.3 Å². The minimum atomic E-state index is -0.347. The lowest BCUT2D eigenvalue weighted by Gasteiger charge is -2.27. The van der Waals surface area contributed by atoms with Crippen molar-refractivity contribution in [3.8, 4) is 0 Å². The molecule has 1 aliphatic heterocycles. The molecule has 0 amide bonds. The van der Waals surface area contributed by atoms with Crippen LogP contribution in [0.4, 0.5) is 5.82 Å². The molecule has 1 aromatic carbocycles. The van der Waals surface area contributed by atoms with Gasteiger partial charge in [-0.3, -0.25) is 5.10 Å². The van der Waals surface area contributed by atoms with Gasteiger partial charge in [0.15, 0.2) is 5.82 Å². The minimum absolute atomic E-state index is 0.164. The number of hydrogen-bond acceptors (Lipinski definition) is 5. The van der Waals surface area contributed by atoms with E-state index in [1.54, 1.807) is 6.20 Å². The number of hydrogen-bond donors (Lipinski definition) is 1. The van der Waals surface area contributed by atoms with E-state index in [1.165, 1.54) is 25.7 Å². The summed E-state index contributed by atoms with van der Waals surface area (Å²) in [7, 11) is 0. The number of nitrogens with one attached hydrogen (secondary N) is 1. The van der Waals surface area contributed by atoms with Crippen LogP contribution in [0, 0.1) is 12.5 Å². The molecule has 0 spiro atoms. The van der Waals surface area contributed by atoms with Gasteiger partial charge in [0.25, 0.3) is 6.04 Å². The van der Waals surface area contributed by atoms with Crippen molar-refractivity contribution in [3.63, 3.8) is 0 Å². The van der Waals surface area contributed by atoms with Crippen molar-refractivity contribution in [1.82, 2.24) is 20.5 Å². The van der Waals surface area contributed by atoms with Crippen molar-refractivity contribution in [3.05, 3.63) is 46.9 Å². The van der Waals surface area contributed by atoms with E-state index in [1.807, 2.05) is 18.2 Å². The summed E-state index contributed by atoms with van der Waals surface area (Å²) in [5.41, 5.74) is 4.33. The molecule has 2 aromatic heterocycles. The minimum Gasteiger partial charge on any atom is -0.306 e. The van der Waals surface area contributed by atoms with Gasteiger partial charge in [-0.15, -0.1) is 0 Å². The van der Waals surface area contributed by atoms with Crippen LogP contribution in [0.1, 0.15) is 55.6 Å². The second kappa shape index (κ2) is 6.62. The van der Waals surface area contributed by atoms with Crippen molar-refractivity contribution in [2.75, 3.05) is 0 Å². The van der Waals surface area contributed by atoms with Crippen molar-refractivity contribution in [1.29, 1.82) is 0 Å². The summed E-state index contributed by atoms with van der Waals surface area (Å²) in [6.45, 7) is 8.00. The van der Waals surface area contributed by atoms with Crippen molar-refractivity contribution in [2.24, 2.45) is 10.9 Å². The highest BCUT2D eigenvalue weighted by molar-refractivity contribution is 5.99. The summed E-state index contributed by atoms with van der Waals surface area (Å²) >= 11 is 0. The molecule has 0 bridgehead atoms. The van der Waals surface area contributed by atoms with Gasteiger partial charge >= 0.3 is 0 Å². The highest BCUT2D eigenvalue weighted by Crippen LogP contribution is 2.43. The van der Waals surface area contributed by atoms with Crippen LogP contribution in [0.15, 0.2) is 34.0 Å². The second-order valence-corrected chi connectivity index (χ2v) is 7.43. The Bertz CT molecular complexity index is 1030. The molecule has 7 nitrogen and oxygen atoms in total. The van der Waals surface area contributed by atoms with Gasteiger partial charge in [-0.25, -0.2) is 16.2 Å². The predicted octanol–water partition coefficient (Wildman–Crippen LogP) is 4.42. The zero-order chi connectivity index (χ0) is 18.2. The third kappa shape index (κ3) is 2.64. The van der Waals surface area contributed by atoms with E-state index in [4.69, 9.17) is 16.2 Å². The van der Waals surface area contributed by atoms with E-state index in [2.05, 4.69) is 25.4 Å². The van der Waals surface area contributed by atoms with Crippen LogP contribution < -0.4 is 0 Å². The van der Waals surface area contributed by atoms with Crippen LogP contribution in [0.2, 0.25) is 0 Å². The molecular weight excluding hydrogens is 340 g/mol. The molecule has 0 radical (unpaired) electrons. The van der Waals surface area contributed by atoms with E-state index >= 15 is 0 Å². The van der Waals surface area contributed by atoms with Crippen molar-refractivity contribution >= 4 is 22.6 Å². The van der Waals surface area contributed by atoms with Gasteiger partial charge in [-0.05, 0) is 34.8 Å². The molecule has 1 aliphatic carbocycles. The number of aliphatic imine (C=N–C) groups is 1. The molecule has 2 aliphatic rings. The lowest BCUT2D eigenvalue weighted by Crippen LogP contribution is -2.34. The maximum atomic E-state index is 8.00. The first kappa shape index (κ1) is 16.2. The molecule has 2 atom stereocenters. The molecule has 7 heteroatoms. The molecule has 136 valence electrons. The van der Waals surface area contributed by atoms with Crippen molar-refractivity contribution in [2.45, 2.75) is 50.5 Å². The van der Waals surface area contributed by atoms with Crippen LogP contribution in [-0.2, 0) is 0 Å². The van der Waals surface area contributed by atoms with Gasteiger partial charge < -0.3 is 4.85 Å². The van der Waals surface area contributed by atoms with Crippen LogP contribution in [0.25, 0.3) is 15.9 Å². The zero-order valence-electron chi connectivity index (χ0n) is 14.9. The maximum Gasteiger partial charge on any atom is 0.272 e. The highest BCUT2D eigenvalue weighted by atomic mass is 16.6. The monoisotopic (exact) mass is 360 g/mol. The molecule has 1 N–H and O–H groups in total. The highest BCUT2D eigenvalue weighted by Gasteiger charge is 2.44. The van der Waals surface area contributed by atoms with E-state index in [-0.39, 0.29) is 12.0 Å². The fourth-order valence-electron chi connectivity index (χ4n) is 4.61. The first-order valence-corrected chi connectivity index (χ1v) is 9.56. The van der Waals surface area contributed by atoms with Gasteiger partial charge in [-0.1, -0.05) is 37.8 Å². The summed E-state index contributed by atoms with van der Waals surface area (Å²) in [4.78, 5) is 8.95. The third-order valence-corrected chi connectivity index (χ3v) is 5.91. The Hall–Kier alpha value is -3.01. The van der Waals surface area contributed by atoms with Crippen LogP contribution in [-0.4, -0.2) is 32.3 Å². The maximum absolute atomic E-state index is 8.00. The second-order valence-electron chi connectivity index (χ2n) is 7.43. The number of aromatic nitrogens is 4. The van der Waals surface area contributed by atoms with Crippen LogP contribution >= 0.6 is 0 Å². The van der Waals surface area contributed by atoms with Crippen LogP contribution in [0.3, 0.4) is 0 Å². The first-order chi connectivity index (χ1) is 13.4. The molecule has 3 heterocycles. The van der Waals surface area contributed by atoms with Crippen molar-refractivity contribution < 1.29 is 4.63 Å². The van der Waals surface area contributed by atoms with Crippen LogP contribution in [0.5, 0.6) is 0 Å². The Morgan fingerprint density at radius 2 is 1.93 bits per heavy atom. The Kier molecular flexibility index (Phi) is 3.97. The largest absolute Gasteiger partial charge is 0.306 e. The number of nitrogens with zero attached hydrogens (tertiary/aromatic N) is 5. The SMILES string of the molecule is [C-]#[N+]C1C(C2CCCCCC2)=Nc2[nH]ncc2C1c1cccc2nonc12. The smallest absolute Gasteiger partial charge is 0.272 e. The Labute approximate surface area is 156 Å². The van der Waals surface area contributed by atoms with Gasteiger partial charge in [0.05, 0.1) is 12.1 Å². The first-order valence-electron chi connectivity index (χ1n) is 9.56. The summed E-state index contributed by atoms with van der Waals surface area (Å²) in [5.74, 6) is 0.968. The average molecular weight is 360 g/mol. The standard InChI is InChI=1S/C20H20N6O/c1-21-19-16(13-9-6-10-15-18(13)26-27-25-15)14-11-22-24-20(14)23-17(19)12-7-4-2-3-5-8-12/h6,9-12,16,19H,2-5,7-8H2,(H,22,24). The van der Waals surface area contributed by atoms with E-state index in [0.717, 1.165) is 35.5 Å². The van der Waals surface area contributed by atoms with Gasteiger partial charge in [-0.2, -0.15) is 5.10 Å². The Morgan fingerprint density at radius 1 is 1.07 bits per heavy atom. The fourth-order valence-corrected chi connectivity index (χ4v) is 4.61. The lowest BCUT2D eigenvalue weighted by molar-refractivity contribution is 0.315. The van der Waals surface area contributed by atoms with Gasteiger partial charge in [0, 0.05) is 11.5 Å². The lowest BCUT2D eigenvalue weighted by atomic mass is 9.77. The van der Waals surface area contributed by atoms with E-state index in [9.17, 15) is 0 Å². The summed E-state index contributed by atoms with van der Waals surface area (Å²) in [5, 5.41) is 15.3. The third-order valence-electron chi connectivity index (χ3n) is 5.91. The molecule has 3 aromatic rings. The molecule has 27 heavy (non-hydrogen) atoms. The van der Waals surface area contributed by atoms with E-state index < -0.39 is 0 Å². The Morgan fingerprint density at radius 3 is 2.74 bits per heavy atom. The number of H-pyrrole nitrogens is 1. The van der Waals surface area contributed by atoms with Gasteiger partial charge in [0.1, 0.15) is 16.7 Å². The predicted molar refractivity (Wildman–Crippen MR) is 101 cm³/mol. The quantitative estimate of drug-likeness (QED) is 0.541. The number of benzene rings is 1. The Balaban J connectivity index is 1.66. The normalized spacial score (nSPS) is 23.4. The number of fused-ring (bicyclic) bond motifs is 2. The molecule has 1 fully saturated rings. The summed E-state index contributed by atoms with van der Waals surface area (Å²) in [6, 6.07) is 5.49. The summed E-state index contributed by atoms with van der Waals surface area (Å²) in [6.07, 6.45) is 8.96. The summed E-state index contributed by atoms with van der Waals surface area (Å²) < 4.78 is 4.96. The molecule has 0 saturated heterocycles. The van der Waals surface area contributed by atoms with E-state index in [0.29, 0.717) is 17.0 Å². The zero-order valence-corrected chi connectivity index (χ0v) is 14.9. The fraction of sp³-hybridized carbons (Fsp3) is 0.450. The average Bonchev–Trinajstić information content (AvgIpc) is 3.29. The van der Waals surface area contributed by atoms with Gasteiger partial charge in [0.2, 0.25) is 0 Å². The number of rotatable bonds is 2. The number of aromatic amines is 1. The molecule has 2 unspecified atom stereocenters.